The number of esters is 1. The summed E-state index contributed by atoms with van der Waals surface area (Å²) in [6, 6.07) is 15.7. The van der Waals surface area contributed by atoms with E-state index in [0.717, 1.165) is 64.7 Å². The number of hydrogen-bond donors (Lipinski definition) is 0. The van der Waals surface area contributed by atoms with Crippen LogP contribution in [0.4, 0.5) is 0 Å². The second-order valence-electron chi connectivity index (χ2n) is 11.4. The Bertz CT molecular complexity index is 1360. The van der Waals surface area contributed by atoms with Gasteiger partial charge in [-0.3, -0.25) is 4.79 Å². The topological polar surface area (TPSA) is 65.5 Å². The van der Waals surface area contributed by atoms with Gasteiger partial charge < -0.3 is 9.47 Å². The molecule has 0 saturated heterocycles. The smallest absolute Gasteiger partial charge is 0.339 e. The minimum Gasteiger partial charge on any atom is -0.497 e. The van der Waals surface area contributed by atoms with Gasteiger partial charge in [0.2, 0.25) is 0 Å². The summed E-state index contributed by atoms with van der Waals surface area (Å²) < 4.78 is 11.2. The number of allylic oxidation sites excluding steroid dienone is 1. The maximum Gasteiger partial charge on any atom is 0.339 e. The van der Waals surface area contributed by atoms with Crippen molar-refractivity contribution in [3.05, 3.63) is 70.9 Å². The van der Waals surface area contributed by atoms with E-state index in [1.165, 1.54) is 0 Å². The van der Waals surface area contributed by atoms with Gasteiger partial charge in [0.1, 0.15) is 5.75 Å². The van der Waals surface area contributed by atoms with Crippen LogP contribution in [0.25, 0.3) is 22.6 Å². The Morgan fingerprint density at radius 2 is 1.78 bits per heavy atom. The molecule has 192 valence electrons. The number of fused-ring (bicyclic) bond motifs is 2. The molecule has 0 N–H and O–H groups in total. The lowest BCUT2D eigenvalue weighted by Gasteiger charge is -2.37. The molecule has 0 spiro atoms. The summed E-state index contributed by atoms with van der Waals surface area (Å²) in [6.45, 7) is 6.75. The molecule has 1 saturated carbocycles. The van der Waals surface area contributed by atoms with Crippen molar-refractivity contribution in [2.45, 2.75) is 65.4 Å². The Balaban J connectivity index is 1.66. The Hall–Kier alpha value is -3.47. The summed E-state index contributed by atoms with van der Waals surface area (Å²) in [5.74, 6) is 0.744. The molecule has 2 aromatic carbocycles. The first-order valence-corrected chi connectivity index (χ1v) is 13.2. The summed E-state index contributed by atoms with van der Waals surface area (Å²) in [4.78, 5) is 31.4. The lowest BCUT2D eigenvalue weighted by molar-refractivity contribution is -0.129. The van der Waals surface area contributed by atoms with Crippen molar-refractivity contribution in [2.24, 2.45) is 11.3 Å². The van der Waals surface area contributed by atoms with Crippen LogP contribution in [-0.4, -0.2) is 30.0 Å². The van der Waals surface area contributed by atoms with Crippen LogP contribution in [0.2, 0.25) is 0 Å². The third-order valence-corrected chi connectivity index (χ3v) is 7.85. The molecule has 0 bridgehead atoms. The van der Waals surface area contributed by atoms with E-state index in [-0.39, 0.29) is 11.2 Å². The summed E-state index contributed by atoms with van der Waals surface area (Å²) in [6.07, 6.45) is 5.98. The number of ether oxygens (including phenoxy) is 2. The highest BCUT2D eigenvalue weighted by molar-refractivity contribution is 6.07. The number of benzene rings is 2. The van der Waals surface area contributed by atoms with E-state index < -0.39 is 12.1 Å². The summed E-state index contributed by atoms with van der Waals surface area (Å²) in [5.41, 5.74) is 5.31. The zero-order chi connectivity index (χ0) is 26.2. The van der Waals surface area contributed by atoms with E-state index in [4.69, 9.17) is 14.5 Å². The molecule has 37 heavy (non-hydrogen) atoms. The summed E-state index contributed by atoms with van der Waals surface area (Å²) in [7, 11) is 1.66. The Morgan fingerprint density at radius 1 is 1.03 bits per heavy atom. The van der Waals surface area contributed by atoms with Crippen molar-refractivity contribution in [2.75, 3.05) is 7.11 Å². The van der Waals surface area contributed by atoms with Crippen LogP contribution in [0, 0.1) is 11.3 Å². The van der Waals surface area contributed by atoms with Gasteiger partial charge in [-0.15, -0.1) is 0 Å². The van der Waals surface area contributed by atoms with Crippen molar-refractivity contribution >= 4 is 34.3 Å². The molecule has 1 fully saturated rings. The van der Waals surface area contributed by atoms with Crippen molar-refractivity contribution in [3.8, 4) is 5.75 Å². The van der Waals surface area contributed by atoms with Gasteiger partial charge in [-0.1, -0.05) is 51.1 Å². The van der Waals surface area contributed by atoms with Gasteiger partial charge in [0, 0.05) is 11.8 Å². The highest BCUT2D eigenvalue weighted by atomic mass is 16.5. The monoisotopic (exact) mass is 497 g/mol. The number of ketones is 1. The van der Waals surface area contributed by atoms with E-state index in [0.29, 0.717) is 24.3 Å². The molecule has 2 unspecified atom stereocenters. The molecule has 1 heterocycles. The van der Waals surface area contributed by atoms with Crippen LogP contribution < -0.4 is 4.74 Å². The molecule has 1 aromatic heterocycles. The third kappa shape index (κ3) is 5.18. The van der Waals surface area contributed by atoms with Gasteiger partial charge >= 0.3 is 5.97 Å². The molecule has 0 aliphatic heterocycles. The minimum absolute atomic E-state index is 0.0273. The fourth-order valence-electron chi connectivity index (χ4n) is 5.53. The van der Waals surface area contributed by atoms with Crippen molar-refractivity contribution < 1.29 is 19.1 Å². The molecule has 0 amide bonds. The van der Waals surface area contributed by atoms with Crippen LogP contribution >= 0.6 is 0 Å². The van der Waals surface area contributed by atoms with Gasteiger partial charge in [-0.25, -0.2) is 9.78 Å². The number of pyridine rings is 1. The summed E-state index contributed by atoms with van der Waals surface area (Å²) >= 11 is 0. The van der Waals surface area contributed by atoms with Gasteiger partial charge in [-0.05, 0) is 84.4 Å². The quantitative estimate of drug-likeness (QED) is 0.361. The second-order valence-corrected chi connectivity index (χ2v) is 11.4. The summed E-state index contributed by atoms with van der Waals surface area (Å²) in [5, 5.41) is 0.785. The van der Waals surface area contributed by atoms with Crippen LogP contribution in [-0.2, 0) is 16.0 Å². The van der Waals surface area contributed by atoms with Crippen LogP contribution in [0.5, 0.6) is 5.75 Å². The number of hydrogen-bond acceptors (Lipinski definition) is 5. The molecule has 2 aliphatic carbocycles. The van der Waals surface area contributed by atoms with E-state index in [1.54, 1.807) is 7.11 Å². The van der Waals surface area contributed by atoms with E-state index in [1.807, 2.05) is 48.5 Å². The Kier molecular flexibility index (Phi) is 6.89. The average Bonchev–Trinajstić information content (AvgIpc) is 2.88. The number of methoxy groups -OCH3 is 1. The maximum atomic E-state index is 13.8. The molecule has 0 radical (unpaired) electrons. The van der Waals surface area contributed by atoms with E-state index >= 15 is 0 Å². The van der Waals surface area contributed by atoms with Gasteiger partial charge in [0.05, 0.1) is 23.9 Å². The number of aromatic nitrogens is 1. The van der Waals surface area contributed by atoms with Gasteiger partial charge in [0.25, 0.3) is 0 Å². The highest BCUT2D eigenvalue weighted by Crippen LogP contribution is 2.45. The molecule has 5 nitrogen and oxygen atoms in total. The standard InChI is InChI=1S/C32H35NO4/c1-32(2,3)22-18-21(17-20-13-15-23(36-4)16-14-20)30-25(19-22)29(24-9-5-6-10-26(24)33-30)31(35)37-28-12-8-7-11-27(28)34/h5-6,9-10,13-17,22,28H,7-8,11-12,18-19H2,1-4H3. The predicted molar refractivity (Wildman–Crippen MR) is 147 cm³/mol. The van der Waals surface area contributed by atoms with Gasteiger partial charge in [0.15, 0.2) is 11.9 Å². The van der Waals surface area contributed by atoms with Crippen molar-refractivity contribution in [1.29, 1.82) is 0 Å². The number of para-hydroxylation sites is 1. The molecular formula is C32H35NO4. The van der Waals surface area contributed by atoms with E-state index in [9.17, 15) is 9.59 Å². The number of Topliss-reactive ketones (excluding diaryl/α,β-unsaturated/α-hetero) is 1. The predicted octanol–water partition coefficient (Wildman–Crippen LogP) is 7.06. The van der Waals surface area contributed by atoms with Crippen LogP contribution in [0.15, 0.2) is 48.5 Å². The minimum atomic E-state index is -0.653. The third-order valence-electron chi connectivity index (χ3n) is 7.85. The Morgan fingerprint density at radius 3 is 2.49 bits per heavy atom. The fourth-order valence-corrected chi connectivity index (χ4v) is 5.53. The molecule has 2 aliphatic rings. The first-order valence-electron chi connectivity index (χ1n) is 13.2. The molecule has 3 aromatic rings. The zero-order valence-corrected chi connectivity index (χ0v) is 22.2. The number of nitrogens with zero attached hydrogens (tertiary/aromatic N) is 1. The lowest BCUT2D eigenvalue weighted by Crippen LogP contribution is -2.32. The molecular weight excluding hydrogens is 462 g/mol. The number of carbonyl (C=O) groups excluding carboxylic acids is 2. The normalized spacial score (nSPS) is 21.1. The largest absolute Gasteiger partial charge is 0.497 e. The molecule has 2 atom stereocenters. The van der Waals surface area contributed by atoms with E-state index in [2.05, 4.69) is 26.8 Å². The molecule has 5 heteroatoms. The SMILES string of the molecule is COc1ccc(C=C2CC(C(C)(C)C)Cc3c2nc2ccccc2c3C(=O)OC2CCCCC2=O)cc1. The first kappa shape index (κ1) is 25.2. The molecule has 5 rings (SSSR count). The maximum absolute atomic E-state index is 13.8. The van der Waals surface area contributed by atoms with Gasteiger partial charge in [-0.2, -0.15) is 0 Å². The fraction of sp³-hybridized carbons (Fsp3) is 0.406. The highest BCUT2D eigenvalue weighted by Gasteiger charge is 2.36. The van der Waals surface area contributed by atoms with Crippen LogP contribution in [0.3, 0.4) is 0 Å². The number of rotatable bonds is 4. The van der Waals surface area contributed by atoms with Crippen LogP contribution in [0.1, 0.15) is 80.1 Å². The zero-order valence-electron chi connectivity index (χ0n) is 22.2. The van der Waals surface area contributed by atoms with Crippen molar-refractivity contribution in [3.63, 3.8) is 0 Å². The van der Waals surface area contributed by atoms with Crippen molar-refractivity contribution in [1.82, 2.24) is 4.98 Å². The Labute approximate surface area is 218 Å². The number of carbonyl (C=O) groups is 2. The average molecular weight is 498 g/mol. The second kappa shape index (κ2) is 10.1. The first-order chi connectivity index (χ1) is 17.7. The lowest BCUT2D eigenvalue weighted by atomic mass is 9.69.